The van der Waals surface area contributed by atoms with Gasteiger partial charge in [0.15, 0.2) is 17.3 Å². The Morgan fingerprint density at radius 2 is 1.82 bits per heavy atom. The minimum absolute atomic E-state index is 0.0148. The molecule has 0 atom stereocenters. The predicted octanol–water partition coefficient (Wildman–Crippen LogP) is 4.78. The molecule has 3 aromatic rings. The van der Waals surface area contributed by atoms with Gasteiger partial charge in [-0.15, -0.1) is 0 Å². The lowest BCUT2D eigenvalue weighted by Gasteiger charge is -2.24. The molecule has 0 saturated carbocycles. The maximum Gasteiger partial charge on any atom is 0.227 e. The van der Waals surface area contributed by atoms with Gasteiger partial charge < -0.3 is 24.8 Å². The van der Waals surface area contributed by atoms with Gasteiger partial charge in [-0.2, -0.15) is 0 Å². The second kappa shape index (κ2) is 11.1. The van der Waals surface area contributed by atoms with Crippen LogP contribution in [0.4, 0.5) is 20.4 Å². The van der Waals surface area contributed by atoms with Crippen LogP contribution in [0, 0.1) is 11.6 Å². The molecule has 2 N–H and O–H groups in total. The summed E-state index contributed by atoms with van der Waals surface area (Å²) < 4.78 is 45.8. The molecule has 9 heteroatoms. The van der Waals surface area contributed by atoms with E-state index in [1.165, 1.54) is 25.6 Å². The van der Waals surface area contributed by atoms with Crippen LogP contribution in [0.15, 0.2) is 42.7 Å². The van der Waals surface area contributed by atoms with E-state index in [0.29, 0.717) is 17.9 Å². The third kappa shape index (κ3) is 5.72. The molecule has 0 unspecified atom stereocenters. The van der Waals surface area contributed by atoms with Crippen molar-refractivity contribution in [2.24, 2.45) is 0 Å². The Morgan fingerprint density at radius 1 is 1.06 bits per heavy atom. The SMILES string of the molecule is CCc1cc(OC)c(F)c(COc2cnc(Nc3cccc(OC4CCNCC4)c3)nc2)c1F. The first-order valence-electron chi connectivity index (χ1n) is 11.3. The predicted molar refractivity (Wildman–Crippen MR) is 125 cm³/mol. The van der Waals surface area contributed by atoms with Crippen molar-refractivity contribution in [2.45, 2.75) is 38.9 Å². The van der Waals surface area contributed by atoms with Crippen LogP contribution in [0.5, 0.6) is 17.2 Å². The Bertz CT molecular complexity index is 1080. The van der Waals surface area contributed by atoms with Crippen molar-refractivity contribution in [3.8, 4) is 17.2 Å². The van der Waals surface area contributed by atoms with E-state index in [2.05, 4.69) is 20.6 Å². The molecular weight excluding hydrogens is 442 g/mol. The van der Waals surface area contributed by atoms with Crippen LogP contribution in [-0.4, -0.2) is 36.3 Å². The first-order chi connectivity index (χ1) is 16.6. The van der Waals surface area contributed by atoms with Gasteiger partial charge in [-0.3, -0.25) is 0 Å². The average Bonchev–Trinajstić information content (AvgIpc) is 2.86. The van der Waals surface area contributed by atoms with Crippen molar-refractivity contribution in [3.63, 3.8) is 0 Å². The van der Waals surface area contributed by atoms with Crippen molar-refractivity contribution < 1.29 is 23.0 Å². The van der Waals surface area contributed by atoms with Crippen LogP contribution >= 0.6 is 0 Å². The van der Waals surface area contributed by atoms with Crippen molar-refractivity contribution in [2.75, 3.05) is 25.5 Å². The highest BCUT2D eigenvalue weighted by molar-refractivity contribution is 5.55. The fourth-order valence-electron chi connectivity index (χ4n) is 3.75. The van der Waals surface area contributed by atoms with E-state index < -0.39 is 11.6 Å². The first-order valence-corrected chi connectivity index (χ1v) is 11.3. The number of benzene rings is 2. The van der Waals surface area contributed by atoms with E-state index in [1.54, 1.807) is 6.92 Å². The van der Waals surface area contributed by atoms with Crippen molar-refractivity contribution >= 4 is 11.6 Å². The third-order valence-electron chi connectivity index (χ3n) is 5.62. The van der Waals surface area contributed by atoms with Gasteiger partial charge in [0.25, 0.3) is 0 Å². The second-order valence-corrected chi connectivity index (χ2v) is 7.95. The van der Waals surface area contributed by atoms with Crippen LogP contribution in [0.3, 0.4) is 0 Å². The number of hydrogen-bond acceptors (Lipinski definition) is 7. The minimum atomic E-state index is -0.775. The van der Waals surface area contributed by atoms with Crippen molar-refractivity contribution in [1.82, 2.24) is 15.3 Å². The summed E-state index contributed by atoms with van der Waals surface area (Å²) in [4.78, 5) is 8.47. The number of methoxy groups -OCH3 is 1. The highest BCUT2D eigenvalue weighted by Crippen LogP contribution is 2.28. The molecule has 0 radical (unpaired) electrons. The Labute approximate surface area is 197 Å². The van der Waals surface area contributed by atoms with Gasteiger partial charge in [-0.1, -0.05) is 13.0 Å². The molecule has 34 heavy (non-hydrogen) atoms. The zero-order chi connectivity index (χ0) is 23.9. The van der Waals surface area contributed by atoms with Gasteiger partial charge in [0.1, 0.15) is 24.3 Å². The largest absolute Gasteiger partial charge is 0.494 e. The second-order valence-electron chi connectivity index (χ2n) is 7.95. The molecule has 1 fully saturated rings. The van der Waals surface area contributed by atoms with E-state index in [0.717, 1.165) is 37.4 Å². The maximum atomic E-state index is 14.6. The van der Waals surface area contributed by atoms with E-state index in [-0.39, 0.29) is 29.8 Å². The molecule has 1 aliphatic rings. The van der Waals surface area contributed by atoms with Gasteiger partial charge in [0.2, 0.25) is 5.95 Å². The molecule has 2 aromatic carbocycles. The normalized spacial score (nSPS) is 14.0. The Hall–Kier alpha value is -3.46. The number of halogens is 2. The van der Waals surface area contributed by atoms with E-state index in [9.17, 15) is 8.78 Å². The van der Waals surface area contributed by atoms with Crippen LogP contribution in [0.2, 0.25) is 0 Å². The van der Waals surface area contributed by atoms with Gasteiger partial charge in [-0.25, -0.2) is 18.7 Å². The molecule has 0 spiro atoms. The number of anilines is 2. The standard InChI is InChI=1S/C25H28F2N4O3/c1-3-16-11-22(32-2)24(27)21(23(16)26)15-33-20-13-29-25(30-14-20)31-17-5-4-6-19(12-17)34-18-7-9-28-10-8-18/h4-6,11-14,18,28H,3,7-10,15H2,1-2H3,(H,29,30,31). The minimum Gasteiger partial charge on any atom is -0.494 e. The highest BCUT2D eigenvalue weighted by Gasteiger charge is 2.19. The Morgan fingerprint density at radius 3 is 2.53 bits per heavy atom. The number of aryl methyl sites for hydroxylation is 1. The molecule has 4 rings (SSSR count). The van der Waals surface area contributed by atoms with E-state index in [1.807, 2.05) is 24.3 Å². The summed E-state index contributed by atoms with van der Waals surface area (Å²) in [6.45, 7) is 3.40. The monoisotopic (exact) mass is 470 g/mol. The summed E-state index contributed by atoms with van der Waals surface area (Å²) in [6, 6.07) is 8.98. The number of aromatic nitrogens is 2. The summed E-state index contributed by atoms with van der Waals surface area (Å²) in [5.74, 6) is 0.00540. The van der Waals surface area contributed by atoms with Crippen LogP contribution in [0.25, 0.3) is 0 Å². The van der Waals surface area contributed by atoms with Crippen molar-refractivity contribution in [3.05, 3.63) is 65.5 Å². The lowest BCUT2D eigenvalue weighted by Crippen LogP contribution is -2.34. The number of nitrogens with zero attached hydrogens (tertiary/aromatic N) is 2. The van der Waals surface area contributed by atoms with E-state index >= 15 is 0 Å². The zero-order valence-electron chi connectivity index (χ0n) is 19.2. The Kier molecular flexibility index (Phi) is 7.74. The molecule has 7 nitrogen and oxygen atoms in total. The molecule has 1 aromatic heterocycles. The van der Waals surface area contributed by atoms with Gasteiger partial charge in [-0.05, 0) is 56.1 Å². The highest BCUT2D eigenvalue weighted by atomic mass is 19.1. The number of piperidine rings is 1. The molecule has 1 saturated heterocycles. The third-order valence-corrected chi connectivity index (χ3v) is 5.62. The number of nitrogens with one attached hydrogen (secondary N) is 2. The molecule has 180 valence electrons. The summed E-state index contributed by atoms with van der Waals surface area (Å²) in [6.07, 6.45) is 5.46. The number of hydrogen-bond donors (Lipinski definition) is 2. The van der Waals surface area contributed by atoms with Gasteiger partial charge in [0.05, 0.1) is 25.1 Å². The Balaban J connectivity index is 1.38. The van der Waals surface area contributed by atoms with Gasteiger partial charge in [0, 0.05) is 11.8 Å². The molecular formula is C25H28F2N4O3. The fraction of sp³-hybridized carbons (Fsp3) is 0.360. The number of rotatable bonds is 9. The summed E-state index contributed by atoms with van der Waals surface area (Å²) >= 11 is 0. The van der Waals surface area contributed by atoms with E-state index in [4.69, 9.17) is 14.2 Å². The molecule has 0 aliphatic carbocycles. The molecule has 2 heterocycles. The topological polar surface area (TPSA) is 77.5 Å². The van der Waals surface area contributed by atoms with Crippen molar-refractivity contribution in [1.29, 1.82) is 0 Å². The lowest BCUT2D eigenvalue weighted by atomic mass is 10.1. The van der Waals surface area contributed by atoms with Gasteiger partial charge >= 0.3 is 0 Å². The quantitative estimate of drug-likeness (QED) is 0.466. The van der Waals surface area contributed by atoms with Crippen LogP contribution in [-0.2, 0) is 13.0 Å². The zero-order valence-corrected chi connectivity index (χ0v) is 19.2. The van der Waals surface area contributed by atoms with Crippen LogP contribution in [0.1, 0.15) is 30.9 Å². The average molecular weight is 471 g/mol. The molecule has 0 amide bonds. The summed E-state index contributed by atoms with van der Waals surface area (Å²) in [5.41, 5.74) is 0.954. The smallest absolute Gasteiger partial charge is 0.227 e. The maximum absolute atomic E-state index is 14.6. The molecule has 0 bridgehead atoms. The lowest BCUT2D eigenvalue weighted by molar-refractivity contribution is 0.162. The number of ether oxygens (including phenoxy) is 3. The fourth-order valence-corrected chi connectivity index (χ4v) is 3.75. The molecule has 1 aliphatic heterocycles. The summed E-state index contributed by atoms with van der Waals surface area (Å²) in [7, 11) is 1.34. The summed E-state index contributed by atoms with van der Waals surface area (Å²) in [5, 5.41) is 6.45. The van der Waals surface area contributed by atoms with Crippen LogP contribution < -0.4 is 24.8 Å². The first kappa shape index (κ1) is 23.7.